The summed E-state index contributed by atoms with van der Waals surface area (Å²) in [6.07, 6.45) is 15.3. The Labute approximate surface area is 151 Å². The molecule has 128 valence electrons. The van der Waals surface area contributed by atoms with Crippen LogP contribution >= 0.6 is 15.9 Å². The largest absolute Gasteiger partial charge is 0.0928 e. The minimum atomic E-state index is 0.0481. The maximum Gasteiger partial charge on any atom is 0.0512 e. The van der Waals surface area contributed by atoms with E-state index in [0.29, 0.717) is 0 Å². The molecule has 0 N–H and O–H groups in total. The fourth-order valence-corrected chi connectivity index (χ4v) is 12.3. The van der Waals surface area contributed by atoms with Crippen molar-refractivity contribution >= 4 is 33.5 Å². The summed E-state index contributed by atoms with van der Waals surface area (Å²) in [5.41, 5.74) is 1.23. The lowest BCUT2D eigenvalue weighted by Crippen LogP contribution is -2.31. The lowest BCUT2D eigenvalue weighted by molar-refractivity contribution is 0.419. The summed E-state index contributed by atoms with van der Waals surface area (Å²) in [7, 11) is 0.144. The highest BCUT2D eigenvalue weighted by molar-refractivity contribution is 9.09. The van der Waals surface area contributed by atoms with Crippen molar-refractivity contribution < 1.29 is 0 Å². The zero-order chi connectivity index (χ0) is 15.6. The molecule has 22 heavy (non-hydrogen) atoms. The molecule has 0 nitrogen and oxygen atoms in total. The molecule has 2 aliphatic rings. The molecule has 0 amide bonds. The minimum absolute atomic E-state index is 0.0481. The van der Waals surface area contributed by atoms with Crippen LogP contribution in [0.1, 0.15) is 71.1 Å². The second-order valence-electron chi connectivity index (χ2n) is 7.77. The van der Waals surface area contributed by atoms with Gasteiger partial charge in [0.2, 0.25) is 0 Å². The maximum absolute atomic E-state index is 3.57. The number of rotatable bonds is 9. The molecule has 0 unspecified atom stereocenters. The zero-order valence-corrected chi connectivity index (χ0v) is 18.4. The van der Waals surface area contributed by atoms with Gasteiger partial charge < -0.3 is 0 Å². The third-order valence-electron chi connectivity index (χ3n) is 6.15. The van der Waals surface area contributed by atoms with Gasteiger partial charge in [-0.3, -0.25) is 0 Å². The number of hydrogen-bond acceptors (Lipinski definition) is 0. The van der Waals surface area contributed by atoms with E-state index in [9.17, 15) is 0 Å². The summed E-state index contributed by atoms with van der Waals surface area (Å²) in [5, 5.41) is 1.21. The van der Waals surface area contributed by atoms with Gasteiger partial charge in [-0.15, -0.1) is 0 Å². The monoisotopic (exact) mass is 400 g/mol. The van der Waals surface area contributed by atoms with Gasteiger partial charge in [-0.1, -0.05) is 111 Å². The first-order valence-electron chi connectivity index (χ1n) is 10.1. The molecule has 2 aliphatic heterocycles. The van der Waals surface area contributed by atoms with Crippen LogP contribution in [0, 0.1) is 5.92 Å². The van der Waals surface area contributed by atoms with Crippen LogP contribution in [-0.4, -0.2) is 22.9 Å². The second-order valence-corrected chi connectivity index (χ2v) is 14.7. The molecule has 0 spiro atoms. The van der Waals surface area contributed by atoms with E-state index >= 15 is 0 Å². The Balaban J connectivity index is 1.58. The van der Waals surface area contributed by atoms with Crippen molar-refractivity contribution in [3.63, 3.8) is 0 Å². The van der Waals surface area contributed by atoms with Gasteiger partial charge >= 0.3 is 0 Å². The molecule has 2 heterocycles. The Morgan fingerprint density at radius 2 is 1.59 bits per heavy atom. The highest BCUT2D eigenvalue weighted by atomic mass is 79.9. The van der Waals surface area contributed by atoms with E-state index < -0.39 is 0 Å². The van der Waals surface area contributed by atoms with E-state index in [-0.39, 0.29) is 17.6 Å². The standard InChI is InChI=1S/C19H37BrSi2/c1-2-3-6-13-21-14-10-19(11-15-21)22-16-8-18(9-17-22)7-4-5-12-20/h18-19H,2-17H2,1H3. The van der Waals surface area contributed by atoms with Gasteiger partial charge in [0, 0.05) is 14.1 Å². The van der Waals surface area contributed by atoms with Gasteiger partial charge in [-0.05, 0) is 17.9 Å². The van der Waals surface area contributed by atoms with Crippen LogP contribution in [0.3, 0.4) is 0 Å². The average Bonchev–Trinajstić information content (AvgIpc) is 2.57. The number of hydrogen-bond donors (Lipinski definition) is 0. The normalized spacial score (nSPS) is 23.2. The third-order valence-corrected chi connectivity index (χ3v) is 13.4. The Morgan fingerprint density at radius 1 is 0.864 bits per heavy atom. The summed E-state index contributed by atoms with van der Waals surface area (Å²) in [4.78, 5) is 0. The van der Waals surface area contributed by atoms with Crippen LogP contribution in [-0.2, 0) is 0 Å². The Kier molecular flexibility index (Phi) is 10.0. The molecule has 2 saturated heterocycles. The second kappa shape index (κ2) is 11.5. The van der Waals surface area contributed by atoms with Crippen LogP contribution in [0.15, 0.2) is 0 Å². The van der Waals surface area contributed by atoms with Crippen molar-refractivity contribution in [1.29, 1.82) is 0 Å². The average molecular weight is 402 g/mol. The SMILES string of the molecule is CCCCC[Si]1CCC([Si]2CCC(CCCCBr)CC2)CC1. The molecule has 0 atom stereocenters. The molecule has 2 radical (unpaired) electrons. The molecule has 0 bridgehead atoms. The summed E-state index contributed by atoms with van der Waals surface area (Å²) in [6.45, 7) is 2.34. The zero-order valence-electron chi connectivity index (χ0n) is 14.8. The third kappa shape index (κ3) is 6.80. The van der Waals surface area contributed by atoms with E-state index in [1.165, 1.54) is 43.0 Å². The number of halogens is 1. The summed E-state index contributed by atoms with van der Waals surface area (Å²) in [6, 6.07) is 8.35. The molecule has 0 aromatic rings. The van der Waals surface area contributed by atoms with Crippen LogP contribution in [0.2, 0.25) is 35.8 Å². The van der Waals surface area contributed by atoms with Crippen LogP contribution < -0.4 is 0 Å². The summed E-state index contributed by atoms with van der Waals surface area (Å²) < 4.78 is 0. The number of alkyl halides is 1. The number of unbranched alkanes of at least 4 members (excludes halogenated alkanes) is 3. The van der Waals surface area contributed by atoms with Crippen molar-refractivity contribution in [2.45, 2.75) is 107 Å². The predicted molar refractivity (Wildman–Crippen MR) is 108 cm³/mol. The van der Waals surface area contributed by atoms with Crippen molar-refractivity contribution in [3.8, 4) is 0 Å². The lowest BCUT2D eigenvalue weighted by atomic mass is 9.96. The summed E-state index contributed by atoms with van der Waals surface area (Å²) in [5.74, 6) is 1.10. The van der Waals surface area contributed by atoms with E-state index in [2.05, 4.69) is 22.9 Å². The Hall–Kier alpha value is 0.914. The van der Waals surface area contributed by atoms with Crippen molar-refractivity contribution in [3.05, 3.63) is 0 Å². The lowest BCUT2D eigenvalue weighted by Gasteiger charge is -2.36. The van der Waals surface area contributed by atoms with E-state index in [1.54, 1.807) is 62.3 Å². The van der Waals surface area contributed by atoms with Gasteiger partial charge in [-0.25, -0.2) is 0 Å². The van der Waals surface area contributed by atoms with Gasteiger partial charge in [0.25, 0.3) is 0 Å². The maximum atomic E-state index is 3.57. The van der Waals surface area contributed by atoms with Gasteiger partial charge in [0.15, 0.2) is 0 Å². The van der Waals surface area contributed by atoms with Crippen LogP contribution in [0.25, 0.3) is 0 Å². The van der Waals surface area contributed by atoms with Crippen LogP contribution in [0.4, 0.5) is 0 Å². The highest BCUT2D eigenvalue weighted by Crippen LogP contribution is 2.41. The van der Waals surface area contributed by atoms with Crippen molar-refractivity contribution in [2.75, 3.05) is 5.33 Å². The first-order valence-corrected chi connectivity index (χ1v) is 15.3. The Morgan fingerprint density at radius 3 is 2.23 bits per heavy atom. The fourth-order valence-electron chi connectivity index (χ4n) is 4.58. The van der Waals surface area contributed by atoms with Gasteiger partial charge in [0.05, 0.1) is 8.80 Å². The smallest absolute Gasteiger partial charge is 0.0512 e. The van der Waals surface area contributed by atoms with Gasteiger partial charge in [-0.2, -0.15) is 0 Å². The van der Waals surface area contributed by atoms with E-state index in [0.717, 1.165) is 5.92 Å². The Bertz CT molecular complexity index is 241. The topological polar surface area (TPSA) is 0 Å². The van der Waals surface area contributed by atoms with Crippen molar-refractivity contribution in [1.82, 2.24) is 0 Å². The molecule has 0 saturated carbocycles. The first-order chi connectivity index (χ1) is 10.8. The highest BCUT2D eigenvalue weighted by Gasteiger charge is 2.32. The van der Waals surface area contributed by atoms with Crippen molar-refractivity contribution in [2.24, 2.45) is 5.92 Å². The van der Waals surface area contributed by atoms with E-state index in [4.69, 9.17) is 0 Å². The fraction of sp³-hybridized carbons (Fsp3) is 1.00. The molecular weight excluding hydrogens is 364 g/mol. The summed E-state index contributed by atoms with van der Waals surface area (Å²) >= 11 is 3.57. The molecule has 2 fully saturated rings. The predicted octanol–water partition coefficient (Wildman–Crippen LogP) is 7.31. The van der Waals surface area contributed by atoms with Crippen LogP contribution in [0.5, 0.6) is 0 Å². The van der Waals surface area contributed by atoms with E-state index in [1.807, 2.05) is 0 Å². The van der Waals surface area contributed by atoms with Gasteiger partial charge in [0.1, 0.15) is 0 Å². The molecule has 0 aromatic heterocycles. The molecule has 0 aromatic carbocycles. The molecule has 0 aliphatic carbocycles. The molecular formula is C19H37BrSi2. The first kappa shape index (κ1) is 19.2. The quantitative estimate of drug-likeness (QED) is 0.216. The minimum Gasteiger partial charge on any atom is -0.0928 e. The molecule has 2 rings (SSSR count). The molecule has 3 heteroatoms.